The molecule has 3 N–H and O–H groups in total. The summed E-state index contributed by atoms with van der Waals surface area (Å²) in [5.74, 6) is 0.775. The number of hydrogen-bond acceptors (Lipinski definition) is 5. The molecule has 0 saturated carbocycles. The van der Waals surface area contributed by atoms with Gasteiger partial charge in [-0.15, -0.1) is 0 Å². The van der Waals surface area contributed by atoms with Crippen molar-refractivity contribution in [3.8, 4) is 0 Å². The molecule has 1 amide bonds. The van der Waals surface area contributed by atoms with Gasteiger partial charge in [0, 0.05) is 31.7 Å². The molecule has 2 rings (SSSR count). The van der Waals surface area contributed by atoms with Gasteiger partial charge in [0.2, 0.25) is 0 Å². The van der Waals surface area contributed by atoms with Crippen LogP contribution in [-0.4, -0.2) is 80.1 Å². The molecule has 30 heavy (non-hydrogen) atoms. The highest BCUT2D eigenvalue weighted by molar-refractivity contribution is 5.80. The van der Waals surface area contributed by atoms with Gasteiger partial charge in [0.15, 0.2) is 5.96 Å². The van der Waals surface area contributed by atoms with Crippen molar-refractivity contribution >= 4 is 12.1 Å². The van der Waals surface area contributed by atoms with E-state index in [1.54, 1.807) is 0 Å². The zero-order chi connectivity index (χ0) is 22.0. The predicted octanol–water partition coefficient (Wildman–Crippen LogP) is 2.49. The number of nitrogens with one attached hydrogen (secondary N) is 3. The maximum Gasteiger partial charge on any atom is 0.407 e. The van der Waals surface area contributed by atoms with E-state index in [9.17, 15) is 4.79 Å². The fourth-order valence-corrected chi connectivity index (χ4v) is 3.90. The number of unbranched alkanes of at least 4 members (excludes halogenated alkanes) is 1. The van der Waals surface area contributed by atoms with E-state index < -0.39 is 5.60 Å². The quantitative estimate of drug-likeness (QED) is 0.389. The second kappa shape index (κ2) is 12.3. The van der Waals surface area contributed by atoms with E-state index >= 15 is 0 Å². The van der Waals surface area contributed by atoms with Gasteiger partial charge in [-0.3, -0.25) is 9.89 Å². The molecule has 8 heteroatoms. The van der Waals surface area contributed by atoms with Crippen LogP contribution in [0, 0.1) is 0 Å². The number of morpholine rings is 1. The van der Waals surface area contributed by atoms with Gasteiger partial charge in [0.05, 0.1) is 19.3 Å². The minimum absolute atomic E-state index is 0.0884. The lowest BCUT2D eigenvalue weighted by molar-refractivity contribution is -0.0432. The van der Waals surface area contributed by atoms with Crippen molar-refractivity contribution in [3.63, 3.8) is 0 Å². The largest absolute Gasteiger partial charge is 0.444 e. The zero-order valence-electron chi connectivity index (χ0n) is 19.6. The summed E-state index contributed by atoms with van der Waals surface area (Å²) in [7, 11) is 0. The fraction of sp³-hybridized carbons (Fsp3) is 0.909. The van der Waals surface area contributed by atoms with Crippen molar-refractivity contribution in [2.24, 2.45) is 4.99 Å². The fourth-order valence-electron chi connectivity index (χ4n) is 3.90. The van der Waals surface area contributed by atoms with Crippen LogP contribution in [0.4, 0.5) is 4.79 Å². The average molecular weight is 426 g/mol. The summed E-state index contributed by atoms with van der Waals surface area (Å²) in [6.07, 6.45) is 5.42. The number of fused-ring (bicyclic) bond motifs is 1. The van der Waals surface area contributed by atoms with Crippen LogP contribution in [0.2, 0.25) is 0 Å². The molecule has 0 radical (unpaired) electrons. The number of guanidine groups is 1. The molecule has 2 fully saturated rings. The lowest BCUT2D eigenvalue weighted by atomic mass is 10.1. The Hall–Kier alpha value is -1.54. The Morgan fingerprint density at radius 1 is 1.30 bits per heavy atom. The molecule has 0 spiro atoms. The smallest absolute Gasteiger partial charge is 0.407 e. The third kappa shape index (κ3) is 9.08. The van der Waals surface area contributed by atoms with Crippen molar-refractivity contribution in [1.29, 1.82) is 0 Å². The highest BCUT2D eigenvalue weighted by atomic mass is 16.6. The summed E-state index contributed by atoms with van der Waals surface area (Å²) in [6, 6.07) is 0.694. The van der Waals surface area contributed by atoms with Gasteiger partial charge in [0.1, 0.15) is 5.60 Å². The van der Waals surface area contributed by atoms with E-state index in [1.165, 1.54) is 19.4 Å². The van der Waals surface area contributed by atoms with Crippen molar-refractivity contribution < 1.29 is 14.3 Å². The van der Waals surface area contributed by atoms with Gasteiger partial charge < -0.3 is 25.4 Å². The normalized spacial score (nSPS) is 23.6. The van der Waals surface area contributed by atoms with Gasteiger partial charge in [-0.2, -0.15) is 0 Å². The van der Waals surface area contributed by atoms with Crippen LogP contribution in [0.15, 0.2) is 4.99 Å². The lowest BCUT2D eigenvalue weighted by Crippen LogP contribution is -2.50. The minimum Gasteiger partial charge on any atom is -0.444 e. The Bertz CT molecular complexity index is 549. The molecule has 3 atom stereocenters. The first kappa shape index (κ1) is 24.7. The maximum absolute atomic E-state index is 12.0. The van der Waals surface area contributed by atoms with Crippen LogP contribution in [-0.2, 0) is 9.47 Å². The third-order valence-electron chi connectivity index (χ3n) is 5.40. The van der Waals surface area contributed by atoms with E-state index in [0.717, 1.165) is 44.9 Å². The highest BCUT2D eigenvalue weighted by Gasteiger charge is 2.32. The van der Waals surface area contributed by atoms with Crippen LogP contribution in [0.1, 0.15) is 66.7 Å². The second-order valence-electron chi connectivity index (χ2n) is 9.33. The SMILES string of the molecule is CCCCC(CNC(=O)OC(C)(C)C)NC(=NCC1CN2CCCC2CO1)NCC. The molecule has 8 nitrogen and oxygen atoms in total. The summed E-state index contributed by atoms with van der Waals surface area (Å²) in [5, 5.41) is 9.71. The van der Waals surface area contributed by atoms with Gasteiger partial charge in [0.25, 0.3) is 0 Å². The van der Waals surface area contributed by atoms with E-state index in [2.05, 4.69) is 34.7 Å². The standard InChI is InChI=1S/C22H43N5O3/c1-6-8-10-17(13-25-21(28)30-22(3,4)5)26-20(23-7-2)24-14-19-15-27-12-9-11-18(27)16-29-19/h17-19H,6-16H2,1-5H3,(H,25,28)(H2,23,24,26). The summed E-state index contributed by atoms with van der Waals surface area (Å²) in [5.41, 5.74) is -0.499. The Labute approximate surface area is 182 Å². The van der Waals surface area contributed by atoms with Crippen LogP contribution >= 0.6 is 0 Å². The summed E-state index contributed by atoms with van der Waals surface area (Å²) >= 11 is 0. The summed E-state index contributed by atoms with van der Waals surface area (Å²) in [6.45, 7) is 14.7. The zero-order valence-corrected chi connectivity index (χ0v) is 19.6. The Morgan fingerprint density at radius 3 is 2.80 bits per heavy atom. The number of nitrogens with zero attached hydrogens (tertiary/aromatic N) is 2. The Kier molecular flexibility index (Phi) is 10.2. The van der Waals surface area contributed by atoms with E-state index in [0.29, 0.717) is 19.1 Å². The molecule has 0 aromatic rings. The molecule has 0 bridgehead atoms. The molecule has 2 heterocycles. The van der Waals surface area contributed by atoms with Crippen molar-refractivity contribution in [2.45, 2.75) is 90.5 Å². The first-order valence-corrected chi connectivity index (χ1v) is 11.7. The van der Waals surface area contributed by atoms with Crippen LogP contribution in [0.5, 0.6) is 0 Å². The third-order valence-corrected chi connectivity index (χ3v) is 5.40. The maximum atomic E-state index is 12.0. The molecule has 3 unspecified atom stereocenters. The number of ether oxygens (including phenoxy) is 2. The van der Waals surface area contributed by atoms with Gasteiger partial charge in [-0.1, -0.05) is 19.8 Å². The predicted molar refractivity (Wildman–Crippen MR) is 121 cm³/mol. The lowest BCUT2D eigenvalue weighted by Gasteiger charge is -2.34. The van der Waals surface area contributed by atoms with E-state index in [-0.39, 0.29) is 18.2 Å². The molecular weight excluding hydrogens is 382 g/mol. The number of carbonyl (C=O) groups is 1. The van der Waals surface area contributed by atoms with Crippen LogP contribution in [0.25, 0.3) is 0 Å². The number of carbonyl (C=O) groups excluding carboxylic acids is 1. The number of rotatable bonds is 9. The van der Waals surface area contributed by atoms with Crippen molar-refractivity contribution in [1.82, 2.24) is 20.9 Å². The van der Waals surface area contributed by atoms with Crippen molar-refractivity contribution in [3.05, 3.63) is 0 Å². The van der Waals surface area contributed by atoms with Gasteiger partial charge in [-0.25, -0.2) is 4.79 Å². The molecule has 2 saturated heterocycles. The van der Waals surface area contributed by atoms with Gasteiger partial charge >= 0.3 is 6.09 Å². The second-order valence-corrected chi connectivity index (χ2v) is 9.33. The van der Waals surface area contributed by atoms with Crippen LogP contribution in [0.3, 0.4) is 0 Å². The molecule has 174 valence electrons. The van der Waals surface area contributed by atoms with E-state index in [1.807, 2.05) is 20.8 Å². The first-order valence-electron chi connectivity index (χ1n) is 11.7. The molecule has 0 aliphatic carbocycles. The number of amides is 1. The van der Waals surface area contributed by atoms with Crippen molar-refractivity contribution in [2.75, 3.05) is 39.3 Å². The molecule has 0 aromatic carbocycles. The minimum atomic E-state index is -0.499. The first-order chi connectivity index (χ1) is 14.3. The molecular formula is C22H43N5O3. The topological polar surface area (TPSA) is 87.2 Å². The Morgan fingerprint density at radius 2 is 2.10 bits per heavy atom. The average Bonchev–Trinajstić information content (AvgIpc) is 3.14. The Balaban J connectivity index is 1.88. The molecule has 2 aliphatic heterocycles. The molecule has 2 aliphatic rings. The number of alkyl carbamates (subject to hydrolysis) is 1. The summed E-state index contributed by atoms with van der Waals surface area (Å²) in [4.78, 5) is 19.4. The molecule has 0 aromatic heterocycles. The highest BCUT2D eigenvalue weighted by Crippen LogP contribution is 2.22. The number of hydrogen-bond donors (Lipinski definition) is 3. The van der Waals surface area contributed by atoms with E-state index in [4.69, 9.17) is 14.5 Å². The summed E-state index contributed by atoms with van der Waals surface area (Å²) < 4.78 is 11.4. The van der Waals surface area contributed by atoms with Gasteiger partial charge in [-0.05, 0) is 53.5 Å². The monoisotopic (exact) mass is 425 g/mol. The number of aliphatic imine (C=N–C) groups is 1. The van der Waals surface area contributed by atoms with Crippen LogP contribution < -0.4 is 16.0 Å².